The van der Waals surface area contributed by atoms with Gasteiger partial charge in [-0.15, -0.1) is 0 Å². The quantitative estimate of drug-likeness (QED) is 0.800. The van der Waals surface area contributed by atoms with Gasteiger partial charge < -0.3 is 10.3 Å². The van der Waals surface area contributed by atoms with Gasteiger partial charge in [-0.2, -0.15) is 4.98 Å². The van der Waals surface area contributed by atoms with Gasteiger partial charge in [-0.05, 0) is 18.8 Å². The Kier molecular flexibility index (Phi) is 3.93. The molecule has 1 aliphatic carbocycles. The Morgan fingerprint density at radius 2 is 2.00 bits per heavy atom. The third-order valence-electron chi connectivity index (χ3n) is 3.49. The second-order valence-electron chi connectivity index (χ2n) is 4.68. The molecule has 0 aromatic carbocycles. The minimum absolute atomic E-state index is 0.0397. The van der Waals surface area contributed by atoms with Crippen LogP contribution in [0.15, 0.2) is 4.52 Å². The summed E-state index contributed by atoms with van der Waals surface area (Å²) in [5.74, 6) is 1.92. The molecule has 4 heteroatoms. The molecule has 1 aliphatic rings. The first-order valence-electron chi connectivity index (χ1n) is 6.39. The van der Waals surface area contributed by atoms with Crippen molar-refractivity contribution in [3.05, 3.63) is 11.7 Å². The Bertz CT molecular complexity index is 316. The molecular weight excluding hydrogens is 202 g/mol. The lowest BCUT2D eigenvalue weighted by atomic mass is 9.92. The van der Waals surface area contributed by atoms with E-state index in [1.54, 1.807) is 0 Å². The van der Waals surface area contributed by atoms with E-state index in [0.717, 1.165) is 6.42 Å². The molecule has 0 aliphatic heterocycles. The van der Waals surface area contributed by atoms with E-state index >= 15 is 0 Å². The molecule has 0 amide bonds. The fourth-order valence-electron chi connectivity index (χ4n) is 2.43. The van der Waals surface area contributed by atoms with Crippen molar-refractivity contribution in [2.24, 2.45) is 11.7 Å². The molecule has 1 fully saturated rings. The number of hydrogen-bond donors (Lipinski definition) is 1. The maximum atomic E-state index is 6.22. The van der Waals surface area contributed by atoms with Crippen LogP contribution < -0.4 is 5.73 Å². The highest BCUT2D eigenvalue weighted by molar-refractivity contribution is 4.96. The molecule has 0 spiro atoms. The molecule has 4 nitrogen and oxygen atoms in total. The van der Waals surface area contributed by atoms with Gasteiger partial charge in [0.25, 0.3) is 0 Å². The smallest absolute Gasteiger partial charge is 0.226 e. The van der Waals surface area contributed by atoms with Crippen LogP contribution in [0.5, 0.6) is 0 Å². The van der Waals surface area contributed by atoms with E-state index in [2.05, 4.69) is 10.1 Å². The van der Waals surface area contributed by atoms with E-state index in [0.29, 0.717) is 17.6 Å². The zero-order chi connectivity index (χ0) is 11.4. The highest BCUT2D eigenvalue weighted by atomic mass is 16.5. The van der Waals surface area contributed by atoms with Gasteiger partial charge in [0.15, 0.2) is 5.82 Å². The van der Waals surface area contributed by atoms with E-state index in [9.17, 15) is 0 Å². The number of aromatic nitrogens is 2. The Morgan fingerprint density at radius 1 is 1.31 bits per heavy atom. The first-order valence-corrected chi connectivity index (χ1v) is 6.39. The van der Waals surface area contributed by atoms with Crippen molar-refractivity contribution in [1.82, 2.24) is 10.1 Å². The van der Waals surface area contributed by atoms with Crippen LogP contribution in [-0.2, 0) is 6.42 Å². The third kappa shape index (κ3) is 2.61. The van der Waals surface area contributed by atoms with Crippen LogP contribution in [0.1, 0.15) is 63.2 Å². The molecule has 1 atom stereocenters. The fourth-order valence-corrected chi connectivity index (χ4v) is 2.43. The van der Waals surface area contributed by atoms with Crippen LogP contribution in [0.2, 0.25) is 0 Å². The lowest BCUT2D eigenvalue weighted by Gasteiger charge is -2.18. The molecule has 1 aromatic rings. The molecule has 2 N–H and O–H groups in total. The molecule has 1 unspecified atom stereocenters. The standard InChI is InChI=1S/C12H21N3O/c1-2-10-14-12(15-16-10)11(13)9-7-5-3-4-6-8-9/h9,11H,2-8,13H2,1H3. The highest BCUT2D eigenvalue weighted by Gasteiger charge is 2.24. The summed E-state index contributed by atoms with van der Waals surface area (Å²) in [5, 5.41) is 3.98. The number of hydrogen-bond acceptors (Lipinski definition) is 4. The first-order chi connectivity index (χ1) is 7.81. The summed E-state index contributed by atoms with van der Waals surface area (Å²) in [7, 11) is 0. The molecule has 1 heterocycles. The average molecular weight is 223 g/mol. The number of nitrogens with two attached hydrogens (primary N) is 1. The Morgan fingerprint density at radius 3 is 2.56 bits per heavy atom. The third-order valence-corrected chi connectivity index (χ3v) is 3.49. The van der Waals surface area contributed by atoms with Gasteiger partial charge in [0, 0.05) is 6.42 Å². The monoisotopic (exact) mass is 223 g/mol. The number of rotatable bonds is 3. The van der Waals surface area contributed by atoms with Crippen LogP contribution in [0, 0.1) is 5.92 Å². The maximum absolute atomic E-state index is 6.22. The minimum Gasteiger partial charge on any atom is -0.339 e. The number of aryl methyl sites for hydroxylation is 1. The van der Waals surface area contributed by atoms with Gasteiger partial charge in [0.1, 0.15) is 0 Å². The summed E-state index contributed by atoms with van der Waals surface area (Å²) < 4.78 is 5.12. The summed E-state index contributed by atoms with van der Waals surface area (Å²) >= 11 is 0. The summed E-state index contributed by atoms with van der Waals surface area (Å²) in [5.41, 5.74) is 6.22. The molecule has 16 heavy (non-hydrogen) atoms. The van der Waals surface area contributed by atoms with Gasteiger partial charge in [0.05, 0.1) is 6.04 Å². The largest absolute Gasteiger partial charge is 0.339 e. The van der Waals surface area contributed by atoms with Crippen LogP contribution in [0.3, 0.4) is 0 Å². The predicted octanol–water partition coefficient (Wildman–Crippen LogP) is 2.60. The molecule has 1 aromatic heterocycles. The number of nitrogens with zero attached hydrogens (tertiary/aromatic N) is 2. The van der Waals surface area contributed by atoms with Gasteiger partial charge in [-0.3, -0.25) is 0 Å². The van der Waals surface area contributed by atoms with E-state index in [1.807, 2.05) is 6.92 Å². The average Bonchev–Trinajstić information content (AvgIpc) is 2.62. The zero-order valence-electron chi connectivity index (χ0n) is 9.98. The molecule has 0 saturated heterocycles. The van der Waals surface area contributed by atoms with Gasteiger partial charge in [-0.1, -0.05) is 37.8 Å². The lowest BCUT2D eigenvalue weighted by molar-refractivity contribution is 0.340. The van der Waals surface area contributed by atoms with E-state index in [-0.39, 0.29) is 6.04 Å². The normalized spacial score (nSPS) is 20.6. The summed E-state index contributed by atoms with van der Waals surface area (Å²) in [4.78, 5) is 4.33. The SMILES string of the molecule is CCc1nc(C(N)C2CCCCCC2)no1. The molecule has 1 saturated carbocycles. The van der Waals surface area contributed by atoms with Gasteiger partial charge in [0.2, 0.25) is 5.89 Å². The van der Waals surface area contributed by atoms with Crippen LogP contribution >= 0.6 is 0 Å². The second kappa shape index (κ2) is 5.43. The van der Waals surface area contributed by atoms with Crippen molar-refractivity contribution in [1.29, 1.82) is 0 Å². The summed E-state index contributed by atoms with van der Waals surface area (Å²) in [6.07, 6.45) is 8.46. The predicted molar refractivity (Wildman–Crippen MR) is 61.8 cm³/mol. The van der Waals surface area contributed by atoms with Gasteiger partial charge >= 0.3 is 0 Å². The molecule has 0 bridgehead atoms. The van der Waals surface area contributed by atoms with Crippen molar-refractivity contribution in [2.75, 3.05) is 0 Å². The van der Waals surface area contributed by atoms with Crippen LogP contribution in [0.25, 0.3) is 0 Å². The van der Waals surface area contributed by atoms with Gasteiger partial charge in [-0.25, -0.2) is 0 Å². The van der Waals surface area contributed by atoms with E-state index in [4.69, 9.17) is 10.3 Å². The van der Waals surface area contributed by atoms with Crippen LogP contribution in [0.4, 0.5) is 0 Å². The molecular formula is C12H21N3O. The van der Waals surface area contributed by atoms with Crippen molar-refractivity contribution >= 4 is 0 Å². The minimum atomic E-state index is -0.0397. The van der Waals surface area contributed by atoms with E-state index < -0.39 is 0 Å². The van der Waals surface area contributed by atoms with E-state index in [1.165, 1.54) is 38.5 Å². The lowest BCUT2D eigenvalue weighted by Crippen LogP contribution is -2.22. The van der Waals surface area contributed by atoms with Crippen molar-refractivity contribution in [3.63, 3.8) is 0 Å². The Balaban J connectivity index is 2.01. The summed E-state index contributed by atoms with van der Waals surface area (Å²) in [6, 6.07) is -0.0397. The Hall–Kier alpha value is -0.900. The Labute approximate surface area is 96.6 Å². The maximum Gasteiger partial charge on any atom is 0.226 e. The summed E-state index contributed by atoms with van der Waals surface area (Å²) in [6.45, 7) is 2.01. The topological polar surface area (TPSA) is 64.9 Å². The highest BCUT2D eigenvalue weighted by Crippen LogP contribution is 2.30. The van der Waals surface area contributed by atoms with Crippen LogP contribution in [-0.4, -0.2) is 10.1 Å². The molecule has 90 valence electrons. The first kappa shape index (κ1) is 11.6. The molecule has 0 radical (unpaired) electrons. The van der Waals surface area contributed by atoms with Crippen molar-refractivity contribution < 1.29 is 4.52 Å². The molecule has 2 rings (SSSR count). The second-order valence-corrected chi connectivity index (χ2v) is 4.68. The zero-order valence-corrected chi connectivity index (χ0v) is 9.98. The fraction of sp³-hybridized carbons (Fsp3) is 0.833. The van der Waals surface area contributed by atoms with Crippen molar-refractivity contribution in [3.8, 4) is 0 Å². The van der Waals surface area contributed by atoms with Crippen molar-refractivity contribution in [2.45, 2.75) is 57.9 Å².